The molecule has 164 valence electrons. The summed E-state index contributed by atoms with van der Waals surface area (Å²) in [5, 5.41) is 0. The molecule has 2 atom stereocenters. The first kappa shape index (κ1) is 23.0. The number of amides is 1. The van der Waals surface area contributed by atoms with Crippen LogP contribution in [0.25, 0.3) is 0 Å². The molecule has 2 aliphatic rings. The van der Waals surface area contributed by atoms with Crippen molar-refractivity contribution in [2.75, 3.05) is 0 Å². The minimum atomic E-state index is 0.196. The third-order valence-electron chi connectivity index (χ3n) is 6.38. The van der Waals surface area contributed by atoms with Gasteiger partial charge in [0.2, 0.25) is 5.91 Å². The van der Waals surface area contributed by atoms with Crippen LogP contribution in [0.3, 0.4) is 0 Å². The predicted molar refractivity (Wildman–Crippen MR) is 127 cm³/mol. The molecular weight excluding hydrogens is 382 g/mol. The number of nitrogens with zero attached hydrogens (tertiary/aromatic N) is 1. The number of hydrogen-bond acceptors (Lipinski definition) is 2. The van der Waals surface area contributed by atoms with E-state index in [0.29, 0.717) is 18.1 Å². The Morgan fingerprint density at radius 3 is 2.23 bits per heavy atom. The van der Waals surface area contributed by atoms with Gasteiger partial charge in [-0.3, -0.25) is 9.59 Å². The van der Waals surface area contributed by atoms with Gasteiger partial charge < -0.3 is 4.90 Å². The Kier molecular flexibility index (Phi) is 7.48. The van der Waals surface area contributed by atoms with Crippen LogP contribution < -0.4 is 0 Å². The molecule has 1 fully saturated rings. The Labute approximate surface area is 187 Å². The van der Waals surface area contributed by atoms with Crippen LogP contribution in [0.4, 0.5) is 0 Å². The number of fused-ring (bicyclic) bond motifs is 3. The molecule has 0 heterocycles. The van der Waals surface area contributed by atoms with Crippen molar-refractivity contribution in [1.82, 2.24) is 4.90 Å². The fourth-order valence-corrected chi connectivity index (χ4v) is 5.04. The molecular formula is C28H35NO2. The molecule has 0 N–H and O–H groups in total. The monoisotopic (exact) mass is 417 g/mol. The minimum Gasteiger partial charge on any atom is -0.338 e. The summed E-state index contributed by atoms with van der Waals surface area (Å²) in [4.78, 5) is 25.7. The summed E-state index contributed by atoms with van der Waals surface area (Å²) < 4.78 is 0. The van der Waals surface area contributed by atoms with Crippen LogP contribution in [0.15, 0.2) is 61.2 Å². The zero-order valence-electron chi connectivity index (χ0n) is 19.3. The highest BCUT2D eigenvalue weighted by atomic mass is 16.2. The second kappa shape index (κ2) is 10.1. The summed E-state index contributed by atoms with van der Waals surface area (Å²) in [7, 11) is 0. The van der Waals surface area contributed by atoms with Crippen molar-refractivity contribution in [2.24, 2.45) is 5.92 Å². The Balaban J connectivity index is 0.000000191. The summed E-state index contributed by atoms with van der Waals surface area (Å²) in [6, 6.07) is 16.9. The normalized spacial score (nSPS) is 18.6. The third-order valence-corrected chi connectivity index (χ3v) is 6.38. The SMILES string of the molecule is C=CCc1ccccc1CC(=O)N(C(C)C)C(C)C.O=C1CC2Cc3ccccc3C12. The van der Waals surface area contributed by atoms with E-state index in [1.165, 1.54) is 16.7 Å². The largest absolute Gasteiger partial charge is 0.338 e. The van der Waals surface area contributed by atoms with Gasteiger partial charge in [0.1, 0.15) is 5.78 Å². The standard InChI is InChI=1S/C17H25NO.C11H10O/c1-6-9-15-10-7-8-11-16(15)12-17(19)18(13(2)3)14(4)5;12-10-6-8-5-7-3-1-2-4-9(7)11(8)10/h6-8,10-11,13-14H,1,9,12H2,2-5H3;1-4,8,11H,5-6H2. The van der Waals surface area contributed by atoms with E-state index in [4.69, 9.17) is 0 Å². The number of ketones is 1. The van der Waals surface area contributed by atoms with Crippen molar-refractivity contribution in [3.8, 4) is 0 Å². The molecule has 0 spiro atoms. The van der Waals surface area contributed by atoms with Crippen LogP contribution in [-0.4, -0.2) is 28.7 Å². The lowest BCUT2D eigenvalue weighted by Gasteiger charge is -2.31. The van der Waals surface area contributed by atoms with Crippen molar-refractivity contribution in [3.63, 3.8) is 0 Å². The highest BCUT2D eigenvalue weighted by Gasteiger charge is 2.45. The van der Waals surface area contributed by atoms with Gasteiger partial charge in [-0.25, -0.2) is 0 Å². The van der Waals surface area contributed by atoms with Gasteiger partial charge in [-0.05, 0) is 68.7 Å². The zero-order chi connectivity index (χ0) is 22.5. The summed E-state index contributed by atoms with van der Waals surface area (Å²) in [6.45, 7) is 12.0. The number of benzene rings is 2. The molecule has 0 aromatic heterocycles. The Bertz CT molecular complexity index is 936. The highest BCUT2D eigenvalue weighted by Crippen LogP contribution is 2.48. The number of Topliss-reactive ketones (excluding diaryl/α,β-unsaturated/α-hetero) is 1. The topological polar surface area (TPSA) is 37.4 Å². The van der Waals surface area contributed by atoms with Crippen LogP contribution in [0.2, 0.25) is 0 Å². The van der Waals surface area contributed by atoms with Gasteiger partial charge in [-0.15, -0.1) is 6.58 Å². The van der Waals surface area contributed by atoms with Crippen molar-refractivity contribution in [2.45, 2.75) is 71.4 Å². The maximum absolute atomic E-state index is 12.5. The van der Waals surface area contributed by atoms with Crippen molar-refractivity contribution < 1.29 is 9.59 Å². The third kappa shape index (κ3) is 5.15. The molecule has 2 aromatic rings. The van der Waals surface area contributed by atoms with E-state index in [0.717, 1.165) is 24.8 Å². The summed E-state index contributed by atoms with van der Waals surface area (Å²) >= 11 is 0. The highest BCUT2D eigenvalue weighted by molar-refractivity contribution is 5.93. The van der Waals surface area contributed by atoms with Gasteiger partial charge in [0.15, 0.2) is 0 Å². The Morgan fingerprint density at radius 1 is 1.00 bits per heavy atom. The van der Waals surface area contributed by atoms with Gasteiger partial charge in [0, 0.05) is 24.4 Å². The minimum absolute atomic E-state index is 0.196. The first-order chi connectivity index (χ1) is 14.8. The van der Waals surface area contributed by atoms with Crippen LogP contribution in [0.5, 0.6) is 0 Å². The van der Waals surface area contributed by atoms with Crippen molar-refractivity contribution in [1.29, 1.82) is 0 Å². The van der Waals surface area contributed by atoms with E-state index in [9.17, 15) is 9.59 Å². The first-order valence-corrected chi connectivity index (χ1v) is 11.4. The van der Waals surface area contributed by atoms with E-state index in [2.05, 4.69) is 58.5 Å². The molecule has 1 saturated carbocycles. The summed E-state index contributed by atoms with van der Waals surface area (Å²) in [6.07, 6.45) is 5.12. The maximum Gasteiger partial charge on any atom is 0.227 e. The van der Waals surface area contributed by atoms with Gasteiger partial charge in [0.05, 0.1) is 6.42 Å². The lowest BCUT2D eigenvalue weighted by molar-refractivity contribution is -0.134. The Morgan fingerprint density at radius 2 is 1.61 bits per heavy atom. The molecule has 0 saturated heterocycles. The quantitative estimate of drug-likeness (QED) is 0.581. The van der Waals surface area contributed by atoms with Gasteiger partial charge in [0.25, 0.3) is 0 Å². The molecule has 2 unspecified atom stereocenters. The molecule has 3 nitrogen and oxygen atoms in total. The smallest absolute Gasteiger partial charge is 0.227 e. The predicted octanol–water partition coefficient (Wildman–Crippen LogP) is 5.52. The number of carbonyl (C=O) groups excluding carboxylic acids is 2. The molecule has 0 bridgehead atoms. The van der Waals surface area contributed by atoms with Crippen LogP contribution >= 0.6 is 0 Å². The average Bonchev–Trinajstić information content (AvgIpc) is 3.01. The van der Waals surface area contributed by atoms with Crippen molar-refractivity contribution in [3.05, 3.63) is 83.4 Å². The van der Waals surface area contributed by atoms with Gasteiger partial charge >= 0.3 is 0 Å². The summed E-state index contributed by atoms with van der Waals surface area (Å²) in [5.74, 6) is 1.57. The summed E-state index contributed by atoms with van der Waals surface area (Å²) in [5.41, 5.74) is 5.01. The van der Waals surface area contributed by atoms with E-state index >= 15 is 0 Å². The molecule has 2 aliphatic carbocycles. The maximum atomic E-state index is 12.5. The second-order valence-electron chi connectivity index (χ2n) is 9.24. The van der Waals surface area contributed by atoms with Crippen LogP contribution in [0, 0.1) is 5.92 Å². The van der Waals surface area contributed by atoms with Gasteiger partial charge in [-0.1, -0.05) is 54.6 Å². The fraction of sp³-hybridized carbons (Fsp3) is 0.429. The lowest BCUT2D eigenvalue weighted by Crippen LogP contribution is -2.42. The van der Waals surface area contributed by atoms with E-state index in [1.54, 1.807) is 0 Å². The number of rotatable bonds is 6. The second-order valence-corrected chi connectivity index (χ2v) is 9.24. The molecule has 31 heavy (non-hydrogen) atoms. The zero-order valence-corrected chi connectivity index (χ0v) is 19.3. The van der Waals surface area contributed by atoms with Crippen LogP contribution in [-0.2, 0) is 28.9 Å². The molecule has 1 amide bonds. The van der Waals surface area contributed by atoms with Gasteiger partial charge in [-0.2, -0.15) is 0 Å². The lowest BCUT2D eigenvalue weighted by atomic mass is 9.73. The van der Waals surface area contributed by atoms with E-state index in [-0.39, 0.29) is 23.9 Å². The molecule has 4 rings (SSSR count). The molecule has 3 heteroatoms. The number of hydrogen-bond donors (Lipinski definition) is 0. The van der Waals surface area contributed by atoms with Crippen LogP contribution in [0.1, 0.15) is 62.3 Å². The number of allylic oxidation sites excluding steroid dienone is 1. The van der Waals surface area contributed by atoms with E-state index in [1.807, 2.05) is 35.2 Å². The Hall–Kier alpha value is -2.68. The molecule has 2 aromatic carbocycles. The fourth-order valence-electron chi connectivity index (χ4n) is 5.04. The number of carbonyl (C=O) groups is 2. The first-order valence-electron chi connectivity index (χ1n) is 11.4. The average molecular weight is 418 g/mol. The van der Waals surface area contributed by atoms with Crippen molar-refractivity contribution >= 4 is 11.7 Å². The van der Waals surface area contributed by atoms with E-state index < -0.39 is 0 Å². The molecule has 0 aliphatic heterocycles. The molecule has 0 radical (unpaired) electrons.